The van der Waals surface area contributed by atoms with Gasteiger partial charge in [0.15, 0.2) is 0 Å². The molecule has 0 bridgehead atoms. The monoisotopic (exact) mass is 297 g/mol. The van der Waals surface area contributed by atoms with Gasteiger partial charge < -0.3 is 20.3 Å². The first kappa shape index (κ1) is 14.9. The van der Waals surface area contributed by atoms with Crippen LogP contribution >= 0.6 is 11.6 Å². The van der Waals surface area contributed by atoms with Crippen LogP contribution in [0.5, 0.6) is 5.75 Å². The summed E-state index contributed by atoms with van der Waals surface area (Å²) in [5.74, 6) is 0.651. The van der Waals surface area contributed by atoms with Crippen molar-refractivity contribution in [2.24, 2.45) is 0 Å². The van der Waals surface area contributed by atoms with Crippen molar-refractivity contribution in [2.75, 3.05) is 33.3 Å². The minimum absolute atomic E-state index is 0.0297. The fourth-order valence-electron chi connectivity index (χ4n) is 2.06. The van der Waals surface area contributed by atoms with Gasteiger partial charge in [-0.2, -0.15) is 0 Å². The van der Waals surface area contributed by atoms with E-state index in [1.165, 1.54) is 0 Å². The Kier molecular flexibility index (Phi) is 5.09. The molecule has 2 rings (SSSR count). The predicted molar refractivity (Wildman–Crippen MR) is 79.4 cm³/mol. The molecule has 1 aromatic carbocycles. The second-order valence-corrected chi connectivity index (χ2v) is 5.17. The molecule has 20 heavy (non-hydrogen) atoms. The van der Waals surface area contributed by atoms with E-state index in [9.17, 15) is 4.79 Å². The van der Waals surface area contributed by atoms with Gasteiger partial charge in [0.2, 0.25) is 0 Å². The van der Waals surface area contributed by atoms with Crippen LogP contribution in [0.4, 0.5) is 4.79 Å². The van der Waals surface area contributed by atoms with E-state index < -0.39 is 0 Å². The standard InChI is InChI=1S/C14H20ClN3O2/c1-10(16-2)11-3-4-13(12(15)9-11)20-8-7-18-6-5-17-14(18)19/h3-4,9-10,16H,5-8H2,1-2H3,(H,17,19). The van der Waals surface area contributed by atoms with E-state index in [-0.39, 0.29) is 12.1 Å². The van der Waals surface area contributed by atoms with Crippen LogP contribution in [0.2, 0.25) is 5.02 Å². The zero-order valence-electron chi connectivity index (χ0n) is 11.8. The number of hydrogen-bond acceptors (Lipinski definition) is 3. The van der Waals surface area contributed by atoms with Gasteiger partial charge in [0, 0.05) is 19.1 Å². The van der Waals surface area contributed by atoms with Crippen molar-refractivity contribution in [3.63, 3.8) is 0 Å². The average Bonchev–Trinajstić information content (AvgIpc) is 2.85. The van der Waals surface area contributed by atoms with Gasteiger partial charge in [-0.1, -0.05) is 17.7 Å². The molecule has 0 aromatic heterocycles. The van der Waals surface area contributed by atoms with Crippen molar-refractivity contribution in [3.05, 3.63) is 28.8 Å². The SMILES string of the molecule is CNC(C)c1ccc(OCCN2CCNC2=O)c(Cl)c1. The molecule has 1 heterocycles. The smallest absolute Gasteiger partial charge is 0.317 e. The number of ether oxygens (including phenoxy) is 1. The summed E-state index contributed by atoms with van der Waals surface area (Å²) in [6.45, 7) is 4.51. The second-order valence-electron chi connectivity index (χ2n) is 4.77. The Hall–Kier alpha value is -1.46. The van der Waals surface area contributed by atoms with Crippen LogP contribution in [0.25, 0.3) is 0 Å². The van der Waals surface area contributed by atoms with Gasteiger partial charge in [-0.05, 0) is 31.7 Å². The molecular formula is C14H20ClN3O2. The zero-order chi connectivity index (χ0) is 14.5. The highest BCUT2D eigenvalue weighted by Gasteiger charge is 2.18. The van der Waals surface area contributed by atoms with Crippen LogP contribution < -0.4 is 15.4 Å². The van der Waals surface area contributed by atoms with E-state index in [2.05, 4.69) is 17.6 Å². The molecular weight excluding hydrogens is 278 g/mol. The number of hydrogen-bond donors (Lipinski definition) is 2. The van der Waals surface area contributed by atoms with Gasteiger partial charge in [-0.15, -0.1) is 0 Å². The molecule has 1 unspecified atom stereocenters. The fourth-order valence-corrected chi connectivity index (χ4v) is 2.30. The van der Waals surface area contributed by atoms with Gasteiger partial charge in [-0.25, -0.2) is 4.79 Å². The number of rotatable bonds is 6. The summed E-state index contributed by atoms with van der Waals surface area (Å²) in [7, 11) is 1.91. The number of nitrogens with one attached hydrogen (secondary N) is 2. The molecule has 0 spiro atoms. The summed E-state index contributed by atoms with van der Waals surface area (Å²) in [5, 5.41) is 6.51. The molecule has 6 heteroatoms. The Labute approximate surface area is 124 Å². The highest BCUT2D eigenvalue weighted by atomic mass is 35.5. The largest absolute Gasteiger partial charge is 0.490 e. The summed E-state index contributed by atoms with van der Waals surface area (Å²) in [4.78, 5) is 13.1. The van der Waals surface area contributed by atoms with Gasteiger partial charge in [0.1, 0.15) is 12.4 Å². The third-order valence-electron chi connectivity index (χ3n) is 3.45. The summed E-state index contributed by atoms with van der Waals surface area (Å²) < 4.78 is 5.64. The van der Waals surface area contributed by atoms with Crippen LogP contribution in [-0.2, 0) is 0 Å². The number of nitrogens with zero attached hydrogens (tertiary/aromatic N) is 1. The lowest BCUT2D eigenvalue weighted by Crippen LogP contribution is -2.31. The molecule has 110 valence electrons. The molecule has 2 amide bonds. The van der Waals surface area contributed by atoms with Crippen molar-refractivity contribution in [2.45, 2.75) is 13.0 Å². The highest BCUT2D eigenvalue weighted by molar-refractivity contribution is 6.32. The maximum atomic E-state index is 11.4. The Morgan fingerprint density at radius 3 is 2.95 bits per heavy atom. The van der Waals surface area contributed by atoms with Crippen LogP contribution in [0.3, 0.4) is 0 Å². The maximum absolute atomic E-state index is 11.4. The van der Waals surface area contributed by atoms with Crippen molar-refractivity contribution in [3.8, 4) is 5.75 Å². The average molecular weight is 298 g/mol. The van der Waals surface area contributed by atoms with Crippen LogP contribution in [0.15, 0.2) is 18.2 Å². The molecule has 1 fully saturated rings. The van der Waals surface area contributed by atoms with E-state index in [0.29, 0.717) is 30.5 Å². The molecule has 1 saturated heterocycles. The van der Waals surface area contributed by atoms with Crippen molar-refractivity contribution in [1.82, 2.24) is 15.5 Å². The quantitative estimate of drug-likeness (QED) is 0.845. The minimum atomic E-state index is -0.0297. The lowest BCUT2D eigenvalue weighted by molar-refractivity contribution is 0.202. The summed E-state index contributed by atoms with van der Waals surface area (Å²) in [6, 6.07) is 5.98. The topological polar surface area (TPSA) is 53.6 Å². The lowest BCUT2D eigenvalue weighted by Gasteiger charge is -2.16. The Morgan fingerprint density at radius 1 is 1.55 bits per heavy atom. The van der Waals surface area contributed by atoms with Gasteiger partial charge >= 0.3 is 6.03 Å². The van der Waals surface area contributed by atoms with E-state index in [1.807, 2.05) is 25.2 Å². The van der Waals surface area contributed by atoms with E-state index >= 15 is 0 Å². The molecule has 1 aromatic rings. The maximum Gasteiger partial charge on any atom is 0.317 e. The van der Waals surface area contributed by atoms with Gasteiger partial charge in [-0.3, -0.25) is 0 Å². The Morgan fingerprint density at radius 2 is 2.35 bits per heavy atom. The summed E-state index contributed by atoms with van der Waals surface area (Å²) >= 11 is 6.21. The highest BCUT2D eigenvalue weighted by Crippen LogP contribution is 2.27. The van der Waals surface area contributed by atoms with Crippen molar-refractivity contribution < 1.29 is 9.53 Å². The number of carbonyl (C=O) groups is 1. The first-order chi connectivity index (χ1) is 9.61. The molecule has 1 aliphatic rings. The van der Waals surface area contributed by atoms with Crippen LogP contribution in [0, 0.1) is 0 Å². The third-order valence-corrected chi connectivity index (χ3v) is 3.75. The second kappa shape index (κ2) is 6.81. The molecule has 1 atom stereocenters. The van der Waals surface area contributed by atoms with Gasteiger partial charge in [0.25, 0.3) is 0 Å². The minimum Gasteiger partial charge on any atom is -0.490 e. The van der Waals surface area contributed by atoms with Crippen molar-refractivity contribution >= 4 is 17.6 Å². The number of carbonyl (C=O) groups excluding carboxylic acids is 1. The first-order valence-electron chi connectivity index (χ1n) is 6.74. The summed E-state index contributed by atoms with van der Waals surface area (Å²) in [6.07, 6.45) is 0. The molecule has 0 saturated carbocycles. The van der Waals surface area contributed by atoms with Crippen LogP contribution in [0.1, 0.15) is 18.5 Å². The van der Waals surface area contributed by atoms with Crippen molar-refractivity contribution in [1.29, 1.82) is 0 Å². The van der Waals surface area contributed by atoms with E-state index in [0.717, 1.165) is 12.1 Å². The fraction of sp³-hybridized carbons (Fsp3) is 0.500. The third kappa shape index (κ3) is 3.55. The number of benzene rings is 1. The normalized spacial score (nSPS) is 16.1. The summed E-state index contributed by atoms with van der Waals surface area (Å²) in [5.41, 5.74) is 1.11. The molecule has 1 aliphatic heterocycles. The molecule has 0 radical (unpaired) electrons. The lowest BCUT2D eigenvalue weighted by atomic mass is 10.1. The number of halogens is 1. The Balaban J connectivity index is 1.88. The number of amides is 2. The van der Waals surface area contributed by atoms with Gasteiger partial charge in [0.05, 0.1) is 11.6 Å². The first-order valence-corrected chi connectivity index (χ1v) is 7.12. The molecule has 5 nitrogen and oxygen atoms in total. The number of urea groups is 1. The molecule has 0 aliphatic carbocycles. The molecule has 2 N–H and O–H groups in total. The van der Waals surface area contributed by atoms with Crippen LogP contribution in [-0.4, -0.2) is 44.2 Å². The Bertz CT molecular complexity index is 481. The predicted octanol–water partition coefficient (Wildman–Crippen LogP) is 2.02. The zero-order valence-corrected chi connectivity index (χ0v) is 12.5. The van der Waals surface area contributed by atoms with E-state index in [1.54, 1.807) is 4.90 Å². The van der Waals surface area contributed by atoms with E-state index in [4.69, 9.17) is 16.3 Å².